The van der Waals surface area contributed by atoms with Crippen LogP contribution >= 0.6 is 23.2 Å². The Morgan fingerprint density at radius 1 is 1.24 bits per heavy atom. The standard InChI is InChI=1S/C11H22Cl2O2SSi/c1-17(2,3)9-11(7-12,8-13)10-4-5-16(14,15)6-10/h10H,4-9H2,1-3H3. The van der Waals surface area contributed by atoms with Crippen LogP contribution in [0.3, 0.4) is 0 Å². The fraction of sp³-hybridized carbons (Fsp3) is 1.00. The quantitative estimate of drug-likeness (QED) is 0.576. The minimum Gasteiger partial charge on any atom is -0.229 e. The Morgan fingerprint density at radius 3 is 2.06 bits per heavy atom. The molecule has 0 amide bonds. The van der Waals surface area contributed by atoms with Gasteiger partial charge in [0, 0.05) is 19.8 Å². The Balaban J connectivity index is 2.93. The molecule has 1 atom stereocenters. The molecule has 1 aliphatic heterocycles. The lowest BCUT2D eigenvalue weighted by Gasteiger charge is -2.39. The van der Waals surface area contributed by atoms with E-state index in [1.165, 1.54) is 0 Å². The topological polar surface area (TPSA) is 34.1 Å². The van der Waals surface area contributed by atoms with Gasteiger partial charge in [0.1, 0.15) is 0 Å². The maximum Gasteiger partial charge on any atom is 0.150 e. The summed E-state index contributed by atoms with van der Waals surface area (Å²) in [6.07, 6.45) is 0.728. The molecule has 0 saturated carbocycles. The van der Waals surface area contributed by atoms with Gasteiger partial charge in [0.15, 0.2) is 9.84 Å². The van der Waals surface area contributed by atoms with Crippen molar-refractivity contribution < 1.29 is 8.42 Å². The number of alkyl halides is 2. The molecule has 6 heteroatoms. The first-order valence-corrected chi connectivity index (χ1v) is 12.6. The van der Waals surface area contributed by atoms with Crippen LogP contribution in [0.4, 0.5) is 0 Å². The first kappa shape index (κ1) is 15.8. The van der Waals surface area contributed by atoms with Crippen LogP contribution in [0.2, 0.25) is 25.7 Å². The molecule has 0 aromatic heterocycles. The average Bonchev–Trinajstić information content (AvgIpc) is 2.54. The van der Waals surface area contributed by atoms with Crippen molar-refractivity contribution in [2.75, 3.05) is 23.3 Å². The summed E-state index contributed by atoms with van der Waals surface area (Å²) in [7, 11) is -4.17. The van der Waals surface area contributed by atoms with Gasteiger partial charge in [-0.2, -0.15) is 0 Å². The van der Waals surface area contributed by atoms with Crippen molar-refractivity contribution in [3.05, 3.63) is 0 Å². The third kappa shape index (κ3) is 4.12. The minimum absolute atomic E-state index is 0.147. The highest BCUT2D eigenvalue weighted by Gasteiger charge is 2.45. The van der Waals surface area contributed by atoms with Gasteiger partial charge in [-0.3, -0.25) is 0 Å². The summed E-state index contributed by atoms with van der Waals surface area (Å²) in [5.74, 6) is 1.67. The molecule has 1 heterocycles. The molecule has 0 spiro atoms. The molecule has 1 saturated heterocycles. The Kier molecular flexibility index (Phi) is 5.01. The van der Waals surface area contributed by atoms with Gasteiger partial charge in [0.25, 0.3) is 0 Å². The number of hydrogen-bond acceptors (Lipinski definition) is 2. The SMILES string of the molecule is C[Si](C)(C)CC(CCl)(CCl)C1CCS(=O)(=O)C1. The number of rotatable bonds is 5. The first-order valence-electron chi connectivity index (χ1n) is 5.96. The predicted molar refractivity (Wildman–Crippen MR) is 78.8 cm³/mol. The molecule has 1 unspecified atom stereocenters. The van der Waals surface area contributed by atoms with Crippen molar-refractivity contribution >= 4 is 41.1 Å². The second-order valence-corrected chi connectivity index (χ2v) is 14.7. The van der Waals surface area contributed by atoms with Crippen molar-refractivity contribution in [3.63, 3.8) is 0 Å². The molecular formula is C11H22Cl2O2SSi. The third-order valence-corrected chi connectivity index (χ3v) is 8.11. The molecule has 2 nitrogen and oxygen atoms in total. The fourth-order valence-electron chi connectivity index (χ4n) is 2.83. The van der Waals surface area contributed by atoms with E-state index in [9.17, 15) is 8.42 Å². The van der Waals surface area contributed by atoms with Crippen molar-refractivity contribution in [2.24, 2.45) is 11.3 Å². The molecule has 1 rings (SSSR count). The monoisotopic (exact) mass is 316 g/mol. The lowest BCUT2D eigenvalue weighted by atomic mass is 9.80. The lowest BCUT2D eigenvalue weighted by Crippen LogP contribution is -2.42. The van der Waals surface area contributed by atoms with Crippen LogP contribution in [-0.2, 0) is 9.84 Å². The van der Waals surface area contributed by atoms with E-state index in [-0.39, 0.29) is 17.1 Å². The first-order chi connectivity index (χ1) is 7.64. The molecular weight excluding hydrogens is 295 g/mol. The fourth-order valence-corrected chi connectivity index (χ4v) is 8.65. The highest BCUT2D eigenvalue weighted by Crippen LogP contribution is 2.44. The van der Waals surface area contributed by atoms with Gasteiger partial charge in [-0.25, -0.2) is 8.42 Å². The van der Waals surface area contributed by atoms with Gasteiger partial charge < -0.3 is 0 Å². The van der Waals surface area contributed by atoms with E-state index in [4.69, 9.17) is 23.2 Å². The van der Waals surface area contributed by atoms with E-state index in [1.807, 2.05) is 0 Å². The van der Waals surface area contributed by atoms with Crippen LogP contribution in [0.5, 0.6) is 0 Å². The highest BCUT2D eigenvalue weighted by molar-refractivity contribution is 7.91. The van der Waals surface area contributed by atoms with Crippen LogP contribution in [0.1, 0.15) is 6.42 Å². The van der Waals surface area contributed by atoms with E-state index in [0.29, 0.717) is 17.5 Å². The summed E-state index contributed by atoms with van der Waals surface area (Å²) in [4.78, 5) is 0. The van der Waals surface area contributed by atoms with Crippen LogP contribution < -0.4 is 0 Å². The lowest BCUT2D eigenvalue weighted by molar-refractivity contribution is 0.275. The van der Waals surface area contributed by atoms with Crippen LogP contribution in [-0.4, -0.2) is 39.8 Å². The van der Waals surface area contributed by atoms with Crippen LogP contribution in [0, 0.1) is 11.3 Å². The van der Waals surface area contributed by atoms with E-state index in [1.54, 1.807) is 0 Å². The summed E-state index contributed by atoms with van der Waals surface area (Å²) in [5.41, 5.74) is -0.183. The van der Waals surface area contributed by atoms with Gasteiger partial charge in [-0.05, 0) is 23.8 Å². The maximum absolute atomic E-state index is 11.6. The zero-order chi connectivity index (χ0) is 13.3. The Labute approximate surface area is 116 Å². The molecule has 17 heavy (non-hydrogen) atoms. The number of halogens is 2. The largest absolute Gasteiger partial charge is 0.229 e. The highest BCUT2D eigenvalue weighted by atomic mass is 35.5. The van der Waals surface area contributed by atoms with Gasteiger partial charge in [-0.15, -0.1) is 23.2 Å². The maximum atomic E-state index is 11.6. The zero-order valence-corrected chi connectivity index (χ0v) is 14.1. The molecule has 1 fully saturated rings. The van der Waals surface area contributed by atoms with Gasteiger partial charge in [0.2, 0.25) is 0 Å². The molecule has 0 aromatic rings. The van der Waals surface area contributed by atoms with Crippen LogP contribution in [0.15, 0.2) is 0 Å². The van der Waals surface area contributed by atoms with E-state index >= 15 is 0 Å². The average molecular weight is 317 g/mol. The van der Waals surface area contributed by atoms with Crippen molar-refractivity contribution in [1.29, 1.82) is 0 Å². The Hall–Kier alpha value is 0.747. The van der Waals surface area contributed by atoms with Crippen LogP contribution in [0.25, 0.3) is 0 Å². The molecule has 0 radical (unpaired) electrons. The molecule has 0 aliphatic carbocycles. The zero-order valence-electron chi connectivity index (χ0n) is 10.8. The summed E-state index contributed by atoms with van der Waals surface area (Å²) in [5, 5.41) is 0. The van der Waals surface area contributed by atoms with Gasteiger partial charge in [-0.1, -0.05) is 19.6 Å². The van der Waals surface area contributed by atoms with E-state index < -0.39 is 17.9 Å². The van der Waals surface area contributed by atoms with Gasteiger partial charge in [0.05, 0.1) is 11.5 Å². The smallest absolute Gasteiger partial charge is 0.150 e. The van der Waals surface area contributed by atoms with E-state index in [0.717, 1.165) is 12.5 Å². The molecule has 0 aromatic carbocycles. The van der Waals surface area contributed by atoms with E-state index in [2.05, 4.69) is 19.6 Å². The minimum atomic E-state index is -2.86. The molecule has 0 bridgehead atoms. The van der Waals surface area contributed by atoms with Crippen molar-refractivity contribution in [3.8, 4) is 0 Å². The number of sulfone groups is 1. The Bertz CT molecular complexity index is 358. The van der Waals surface area contributed by atoms with Crippen molar-refractivity contribution in [2.45, 2.75) is 32.1 Å². The molecule has 102 valence electrons. The van der Waals surface area contributed by atoms with Gasteiger partial charge >= 0.3 is 0 Å². The predicted octanol–water partition coefficient (Wildman–Crippen LogP) is 3.22. The second kappa shape index (κ2) is 5.39. The third-order valence-electron chi connectivity index (χ3n) is 3.51. The summed E-state index contributed by atoms with van der Waals surface area (Å²) in [6.45, 7) is 6.85. The Morgan fingerprint density at radius 2 is 1.76 bits per heavy atom. The normalized spacial score (nSPS) is 25.1. The summed E-state index contributed by atoms with van der Waals surface area (Å²) < 4.78 is 23.2. The van der Waals surface area contributed by atoms with Crippen molar-refractivity contribution in [1.82, 2.24) is 0 Å². The molecule has 1 aliphatic rings. The summed E-state index contributed by atoms with van der Waals surface area (Å²) >= 11 is 12.3. The summed E-state index contributed by atoms with van der Waals surface area (Å²) in [6, 6.07) is 1.01. The second-order valence-electron chi connectivity index (χ2n) is 6.47. The molecule has 0 N–H and O–H groups in total. The number of hydrogen-bond donors (Lipinski definition) is 0.